The van der Waals surface area contributed by atoms with Crippen molar-refractivity contribution in [2.24, 2.45) is 0 Å². The van der Waals surface area contributed by atoms with Gasteiger partial charge in [0.1, 0.15) is 23.2 Å². The van der Waals surface area contributed by atoms with Crippen molar-refractivity contribution in [3.63, 3.8) is 0 Å². The molecule has 0 bridgehead atoms. The summed E-state index contributed by atoms with van der Waals surface area (Å²) in [5, 5.41) is 4.10. The van der Waals surface area contributed by atoms with Crippen LogP contribution in [0.25, 0.3) is 0 Å². The zero-order valence-corrected chi connectivity index (χ0v) is 18.9. The largest absolute Gasteiger partial charge is 0.454 e. The molecule has 4 aromatic rings. The van der Waals surface area contributed by atoms with Crippen LogP contribution in [-0.4, -0.2) is 6.79 Å². The Kier molecular flexibility index (Phi) is 5.33. The molecule has 0 aromatic heterocycles. The fraction of sp³-hybridized carbons (Fsp3) is 0.0769. The molecule has 1 aliphatic rings. The number of hydrogen-bond acceptors (Lipinski definition) is 2. The van der Waals surface area contributed by atoms with Gasteiger partial charge in [-0.15, -0.1) is 0 Å². The standard InChI is InChI=1S/C26H21BrO2P/c27-24-17-26-25(28-19-29-26)16-20(24)18-30(21-10-4-1-5-11-21,22-12-6-2-7-13-22)23-14-8-3-9-15-23/h1-17H,18-19H2/q+1. The fourth-order valence-corrected chi connectivity index (χ4v) is 9.04. The van der Waals surface area contributed by atoms with E-state index in [0.717, 1.165) is 22.1 Å². The lowest BCUT2D eigenvalue weighted by molar-refractivity contribution is 0.174. The predicted octanol–water partition coefficient (Wildman–Crippen LogP) is 5.67. The Balaban J connectivity index is 1.76. The number of ether oxygens (including phenoxy) is 2. The smallest absolute Gasteiger partial charge is 0.231 e. The maximum absolute atomic E-state index is 5.70. The molecule has 0 saturated heterocycles. The molecule has 30 heavy (non-hydrogen) atoms. The number of fused-ring (bicyclic) bond motifs is 1. The minimum absolute atomic E-state index is 0.279. The zero-order valence-electron chi connectivity index (χ0n) is 16.4. The van der Waals surface area contributed by atoms with Gasteiger partial charge in [0.25, 0.3) is 0 Å². The Morgan fingerprint density at radius 1 is 0.633 bits per heavy atom. The first-order chi connectivity index (χ1) is 14.8. The second kappa shape index (κ2) is 8.26. The van der Waals surface area contributed by atoms with Crippen molar-refractivity contribution in [2.45, 2.75) is 6.16 Å². The maximum atomic E-state index is 5.70. The third-order valence-electron chi connectivity index (χ3n) is 5.54. The molecular formula is C26H21BrO2P+. The highest BCUT2D eigenvalue weighted by molar-refractivity contribution is 9.10. The van der Waals surface area contributed by atoms with Gasteiger partial charge in [-0.05, 0) is 48.5 Å². The van der Waals surface area contributed by atoms with Crippen LogP contribution in [0.5, 0.6) is 11.5 Å². The summed E-state index contributed by atoms with van der Waals surface area (Å²) in [7, 11) is -1.95. The maximum Gasteiger partial charge on any atom is 0.231 e. The summed E-state index contributed by atoms with van der Waals surface area (Å²) >= 11 is 3.80. The van der Waals surface area contributed by atoms with Gasteiger partial charge >= 0.3 is 0 Å². The highest BCUT2D eigenvalue weighted by Crippen LogP contribution is 2.59. The van der Waals surface area contributed by atoms with Crippen LogP contribution in [0.4, 0.5) is 0 Å². The lowest BCUT2D eigenvalue weighted by Gasteiger charge is -2.28. The zero-order chi connectivity index (χ0) is 20.4. The van der Waals surface area contributed by atoms with Gasteiger partial charge in [-0.2, -0.15) is 0 Å². The SMILES string of the molecule is Brc1cc2c(cc1C[P+](c1ccccc1)(c1ccccc1)c1ccccc1)OCO2. The van der Waals surface area contributed by atoms with E-state index in [2.05, 4.69) is 113 Å². The van der Waals surface area contributed by atoms with E-state index in [0.29, 0.717) is 0 Å². The van der Waals surface area contributed by atoms with E-state index < -0.39 is 7.26 Å². The molecule has 0 atom stereocenters. The molecule has 0 unspecified atom stereocenters. The van der Waals surface area contributed by atoms with E-state index in [4.69, 9.17) is 9.47 Å². The van der Waals surface area contributed by atoms with E-state index in [1.165, 1.54) is 21.5 Å². The first kappa shape index (κ1) is 19.4. The van der Waals surface area contributed by atoms with Gasteiger partial charge < -0.3 is 9.47 Å². The average Bonchev–Trinajstić information content (AvgIpc) is 3.26. The van der Waals surface area contributed by atoms with Crippen LogP contribution in [0.3, 0.4) is 0 Å². The van der Waals surface area contributed by atoms with Crippen LogP contribution >= 0.6 is 23.2 Å². The van der Waals surface area contributed by atoms with Crippen LogP contribution < -0.4 is 25.4 Å². The van der Waals surface area contributed by atoms with Gasteiger partial charge in [-0.3, -0.25) is 0 Å². The summed E-state index contributed by atoms with van der Waals surface area (Å²) in [6.45, 7) is 0.279. The molecule has 0 saturated carbocycles. The van der Waals surface area contributed by atoms with Crippen LogP contribution in [-0.2, 0) is 6.16 Å². The highest BCUT2D eigenvalue weighted by atomic mass is 79.9. The van der Waals surface area contributed by atoms with Gasteiger partial charge in [0, 0.05) is 10.0 Å². The van der Waals surface area contributed by atoms with E-state index >= 15 is 0 Å². The second-order valence-corrected chi connectivity index (χ2v) is 11.6. The molecule has 148 valence electrons. The van der Waals surface area contributed by atoms with Crippen LogP contribution in [0.1, 0.15) is 5.56 Å². The number of benzene rings is 4. The van der Waals surface area contributed by atoms with Crippen molar-refractivity contribution in [3.8, 4) is 11.5 Å². The molecule has 0 spiro atoms. The van der Waals surface area contributed by atoms with Crippen molar-refractivity contribution in [3.05, 3.63) is 113 Å². The van der Waals surface area contributed by atoms with Crippen molar-refractivity contribution < 1.29 is 9.47 Å². The van der Waals surface area contributed by atoms with Crippen LogP contribution in [0, 0.1) is 0 Å². The van der Waals surface area contributed by atoms with E-state index in [1.807, 2.05) is 6.07 Å². The fourth-order valence-electron chi connectivity index (χ4n) is 4.10. The molecule has 2 nitrogen and oxygen atoms in total. The summed E-state index contributed by atoms with van der Waals surface area (Å²) in [5.74, 6) is 1.62. The average molecular weight is 476 g/mol. The minimum atomic E-state index is -1.95. The molecule has 1 aliphatic heterocycles. The molecule has 4 heteroatoms. The predicted molar refractivity (Wildman–Crippen MR) is 129 cm³/mol. The second-order valence-electron chi connectivity index (χ2n) is 7.27. The van der Waals surface area contributed by atoms with E-state index in [1.54, 1.807) is 0 Å². The quantitative estimate of drug-likeness (QED) is 0.346. The first-order valence-corrected chi connectivity index (χ1v) is 12.7. The molecule has 1 heterocycles. The van der Waals surface area contributed by atoms with Crippen molar-refractivity contribution >= 4 is 39.1 Å². The molecule has 0 radical (unpaired) electrons. The molecule has 0 aliphatic carbocycles. The number of hydrogen-bond donors (Lipinski definition) is 0. The minimum Gasteiger partial charge on any atom is -0.454 e. The van der Waals surface area contributed by atoms with Crippen molar-refractivity contribution in [1.82, 2.24) is 0 Å². The monoisotopic (exact) mass is 475 g/mol. The van der Waals surface area contributed by atoms with Crippen molar-refractivity contribution in [1.29, 1.82) is 0 Å². The molecule has 5 rings (SSSR count). The normalized spacial score (nSPS) is 12.7. The lowest BCUT2D eigenvalue weighted by atomic mass is 10.2. The lowest BCUT2D eigenvalue weighted by Crippen LogP contribution is -2.32. The van der Waals surface area contributed by atoms with Gasteiger partial charge in [0.15, 0.2) is 11.5 Å². The van der Waals surface area contributed by atoms with Gasteiger partial charge in [0.2, 0.25) is 6.79 Å². The third kappa shape index (κ3) is 3.43. The molecule has 0 fully saturated rings. The Hall–Kier alpha value is -2.61. The Labute approximate surface area is 186 Å². The molecule has 0 amide bonds. The van der Waals surface area contributed by atoms with E-state index in [9.17, 15) is 0 Å². The summed E-state index contributed by atoms with van der Waals surface area (Å²) in [6, 6.07) is 36.9. The van der Waals surface area contributed by atoms with Crippen molar-refractivity contribution in [2.75, 3.05) is 6.79 Å². The van der Waals surface area contributed by atoms with Crippen LogP contribution in [0.2, 0.25) is 0 Å². The van der Waals surface area contributed by atoms with Gasteiger partial charge in [0.05, 0.1) is 6.16 Å². The topological polar surface area (TPSA) is 18.5 Å². The Morgan fingerprint density at radius 3 is 1.53 bits per heavy atom. The summed E-state index contributed by atoms with van der Waals surface area (Å²) < 4.78 is 12.3. The summed E-state index contributed by atoms with van der Waals surface area (Å²) in [4.78, 5) is 0. The Bertz CT molecular complexity index is 1050. The summed E-state index contributed by atoms with van der Waals surface area (Å²) in [5.41, 5.74) is 1.23. The van der Waals surface area contributed by atoms with Gasteiger partial charge in [-0.1, -0.05) is 70.5 Å². The first-order valence-electron chi connectivity index (χ1n) is 9.90. The third-order valence-corrected chi connectivity index (χ3v) is 10.6. The molecule has 4 aromatic carbocycles. The highest BCUT2D eigenvalue weighted by Gasteiger charge is 2.46. The molecule has 0 N–H and O–H groups in total. The molecular weight excluding hydrogens is 455 g/mol. The van der Waals surface area contributed by atoms with Crippen LogP contribution in [0.15, 0.2) is 108 Å². The van der Waals surface area contributed by atoms with E-state index in [-0.39, 0.29) is 6.79 Å². The summed E-state index contributed by atoms with van der Waals surface area (Å²) in [6.07, 6.45) is 0.891. The Morgan fingerprint density at radius 2 is 1.07 bits per heavy atom. The number of rotatable bonds is 5. The van der Waals surface area contributed by atoms with Gasteiger partial charge in [-0.25, -0.2) is 0 Å². The number of halogens is 1.